The zero-order chi connectivity index (χ0) is 11.6. The Morgan fingerprint density at radius 2 is 2.25 bits per heavy atom. The lowest BCUT2D eigenvalue weighted by molar-refractivity contribution is 0.217. The molecule has 1 aromatic heterocycles. The average molecular weight is 219 g/mol. The molecule has 1 heterocycles. The lowest BCUT2D eigenvalue weighted by Gasteiger charge is -2.39. The summed E-state index contributed by atoms with van der Waals surface area (Å²) in [5.41, 5.74) is 7.17. The molecule has 0 aromatic carbocycles. The largest absolute Gasteiger partial charge is 0.382 e. The first kappa shape index (κ1) is 11.2. The van der Waals surface area contributed by atoms with E-state index < -0.39 is 0 Å². The molecule has 88 valence electrons. The number of pyridine rings is 1. The molecular formula is C13H21N3. The van der Waals surface area contributed by atoms with Gasteiger partial charge in [0.15, 0.2) is 0 Å². The average Bonchev–Trinajstić information content (AvgIpc) is 2.24. The molecule has 1 aliphatic rings. The van der Waals surface area contributed by atoms with Crippen LogP contribution < -0.4 is 11.1 Å². The lowest BCUT2D eigenvalue weighted by atomic mass is 9.73. The van der Waals surface area contributed by atoms with Crippen LogP contribution in [0.1, 0.15) is 39.5 Å². The van der Waals surface area contributed by atoms with Crippen LogP contribution in [0, 0.1) is 5.41 Å². The molecule has 2 rings (SSSR count). The Bertz CT molecular complexity index is 360. The molecular weight excluding hydrogens is 198 g/mol. The minimum Gasteiger partial charge on any atom is -0.382 e. The van der Waals surface area contributed by atoms with E-state index in [2.05, 4.69) is 24.1 Å². The van der Waals surface area contributed by atoms with E-state index in [1.165, 1.54) is 25.7 Å². The van der Waals surface area contributed by atoms with Gasteiger partial charge in [0.1, 0.15) is 5.82 Å². The third kappa shape index (κ3) is 2.29. The second kappa shape index (κ2) is 4.32. The summed E-state index contributed by atoms with van der Waals surface area (Å²) >= 11 is 0. The van der Waals surface area contributed by atoms with E-state index in [-0.39, 0.29) is 0 Å². The molecule has 1 fully saturated rings. The highest BCUT2D eigenvalue weighted by atomic mass is 15.0. The molecule has 3 N–H and O–H groups in total. The highest BCUT2D eigenvalue weighted by Crippen LogP contribution is 2.37. The fourth-order valence-electron chi connectivity index (χ4n) is 2.49. The van der Waals surface area contributed by atoms with Crippen LogP contribution in [0.3, 0.4) is 0 Å². The van der Waals surface area contributed by atoms with Gasteiger partial charge in [-0.1, -0.05) is 26.7 Å². The second-order valence-electron chi connectivity index (χ2n) is 5.37. The maximum atomic E-state index is 5.85. The Morgan fingerprint density at radius 1 is 1.44 bits per heavy atom. The SMILES string of the molecule is CC1(C)CCCCC1Nc1cccnc1N. The Balaban J connectivity index is 2.12. The summed E-state index contributed by atoms with van der Waals surface area (Å²) in [6.07, 6.45) is 6.88. The standard InChI is InChI=1S/C13H21N3/c1-13(2)8-4-3-7-11(13)16-10-6-5-9-15-12(10)14/h5-6,9,11,16H,3-4,7-8H2,1-2H3,(H2,14,15). The van der Waals surface area contributed by atoms with E-state index >= 15 is 0 Å². The number of nitrogens with one attached hydrogen (secondary N) is 1. The van der Waals surface area contributed by atoms with Gasteiger partial charge in [-0.25, -0.2) is 4.98 Å². The van der Waals surface area contributed by atoms with E-state index in [4.69, 9.17) is 5.73 Å². The Morgan fingerprint density at radius 3 is 2.94 bits per heavy atom. The number of anilines is 2. The summed E-state index contributed by atoms with van der Waals surface area (Å²) in [5.74, 6) is 0.601. The number of hydrogen-bond acceptors (Lipinski definition) is 3. The third-order valence-corrected chi connectivity index (χ3v) is 3.68. The van der Waals surface area contributed by atoms with Gasteiger partial charge in [0.2, 0.25) is 0 Å². The molecule has 1 atom stereocenters. The maximum absolute atomic E-state index is 5.85. The van der Waals surface area contributed by atoms with Gasteiger partial charge in [-0.3, -0.25) is 0 Å². The Kier molecular flexibility index (Phi) is 3.03. The van der Waals surface area contributed by atoms with Crippen molar-refractivity contribution in [1.29, 1.82) is 0 Å². The fourth-order valence-corrected chi connectivity index (χ4v) is 2.49. The van der Waals surface area contributed by atoms with Crippen LogP contribution in [0.15, 0.2) is 18.3 Å². The molecule has 0 amide bonds. The summed E-state index contributed by atoms with van der Waals surface area (Å²) in [6.45, 7) is 4.66. The molecule has 1 unspecified atom stereocenters. The topological polar surface area (TPSA) is 50.9 Å². The molecule has 0 bridgehead atoms. The van der Waals surface area contributed by atoms with Crippen molar-refractivity contribution in [3.05, 3.63) is 18.3 Å². The van der Waals surface area contributed by atoms with Crippen LogP contribution in [0.4, 0.5) is 11.5 Å². The first-order chi connectivity index (χ1) is 7.59. The van der Waals surface area contributed by atoms with Gasteiger partial charge >= 0.3 is 0 Å². The van der Waals surface area contributed by atoms with Crippen molar-refractivity contribution in [2.24, 2.45) is 5.41 Å². The monoisotopic (exact) mass is 219 g/mol. The molecule has 3 nitrogen and oxygen atoms in total. The fraction of sp³-hybridized carbons (Fsp3) is 0.615. The summed E-state index contributed by atoms with van der Waals surface area (Å²) in [5, 5.41) is 3.55. The minimum atomic E-state index is 0.348. The van der Waals surface area contributed by atoms with E-state index in [9.17, 15) is 0 Å². The van der Waals surface area contributed by atoms with Gasteiger partial charge in [-0.15, -0.1) is 0 Å². The Hall–Kier alpha value is -1.25. The van der Waals surface area contributed by atoms with Crippen molar-refractivity contribution in [2.45, 2.75) is 45.6 Å². The number of nitrogens with zero attached hydrogens (tertiary/aromatic N) is 1. The number of nitrogens with two attached hydrogens (primary N) is 1. The molecule has 0 aliphatic heterocycles. The van der Waals surface area contributed by atoms with Crippen molar-refractivity contribution >= 4 is 11.5 Å². The van der Waals surface area contributed by atoms with Crippen molar-refractivity contribution in [3.8, 4) is 0 Å². The van der Waals surface area contributed by atoms with Gasteiger partial charge in [0, 0.05) is 12.2 Å². The smallest absolute Gasteiger partial charge is 0.146 e. The molecule has 0 spiro atoms. The van der Waals surface area contributed by atoms with Gasteiger partial charge in [0.05, 0.1) is 5.69 Å². The summed E-state index contributed by atoms with van der Waals surface area (Å²) in [7, 11) is 0. The van der Waals surface area contributed by atoms with Crippen LogP contribution in [-0.4, -0.2) is 11.0 Å². The maximum Gasteiger partial charge on any atom is 0.146 e. The van der Waals surface area contributed by atoms with Gasteiger partial charge < -0.3 is 11.1 Å². The number of hydrogen-bond donors (Lipinski definition) is 2. The van der Waals surface area contributed by atoms with Crippen LogP contribution in [-0.2, 0) is 0 Å². The molecule has 1 saturated carbocycles. The predicted octanol–water partition coefficient (Wildman–Crippen LogP) is 3.04. The molecule has 1 aliphatic carbocycles. The molecule has 1 aromatic rings. The lowest BCUT2D eigenvalue weighted by Crippen LogP contribution is -2.39. The van der Waals surface area contributed by atoms with E-state index in [1.54, 1.807) is 6.20 Å². The summed E-state index contributed by atoms with van der Waals surface area (Å²) in [4.78, 5) is 4.11. The number of aromatic nitrogens is 1. The van der Waals surface area contributed by atoms with E-state index in [1.807, 2.05) is 12.1 Å². The highest BCUT2D eigenvalue weighted by Gasteiger charge is 2.32. The Labute approximate surface area is 97.5 Å². The second-order valence-corrected chi connectivity index (χ2v) is 5.37. The van der Waals surface area contributed by atoms with Crippen molar-refractivity contribution in [3.63, 3.8) is 0 Å². The number of nitrogen functional groups attached to an aromatic ring is 1. The summed E-state index contributed by atoms with van der Waals surface area (Å²) in [6, 6.07) is 4.44. The summed E-state index contributed by atoms with van der Waals surface area (Å²) < 4.78 is 0. The highest BCUT2D eigenvalue weighted by molar-refractivity contribution is 5.61. The quantitative estimate of drug-likeness (QED) is 0.803. The minimum absolute atomic E-state index is 0.348. The number of rotatable bonds is 2. The van der Waals surface area contributed by atoms with Crippen molar-refractivity contribution in [2.75, 3.05) is 11.1 Å². The third-order valence-electron chi connectivity index (χ3n) is 3.68. The van der Waals surface area contributed by atoms with Gasteiger partial charge in [-0.2, -0.15) is 0 Å². The predicted molar refractivity (Wildman–Crippen MR) is 68.3 cm³/mol. The van der Waals surface area contributed by atoms with Crippen molar-refractivity contribution < 1.29 is 0 Å². The van der Waals surface area contributed by atoms with E-state index in [0.717, 1.165) is 5.69 Å². The van der Waals surface area contributed by atoms with Crippen molar-refractivity contribution in [1.82, 2.24) is 4.98 Å². The molecule has 3 heteroatoms. The zero-order valence-corrected chi connectivity index (χ0v) is 10.2. The zero-order valence-electron chi connectivity index (χ0n) is 10.2. The van der Waals surface area contributed by atoms with Gasteiger partial charge in [0.25, 0.3) is 0 Å². The van der Waals surface area contributed by atoms with Crippen LogP contribution >= 0.6 is 0 Å². The first-order valence-electron chi connectivity index (χ1n) is 6.06. The van der Waals surface area contributed by atoms with E-state index in [0.29, 0.717) is 17.3 Å². The van der Waals surface area contributed by atoms with Crippen LogP contribution in [0.25, 0.3) is 0 Å². The first-order valence-corrected chi connectivity index (χ1v) is 6.06. The van der Waals surface area contributed by atoms with Crippen LogP contribution in [0.5, 0.6) is 0 Å². The molecule has 0 radical (unpaired) electrons. The molecule has 0 saturated heterocycles. The van der Waals surface area contributed by atoms with Gasteiger partial charge in [-0.05, 0) is 30.4 Å². The van der Waals surface area contributed by atoms with Crippen LogP contribution in [0.2, 0.25) is 0 Å². The molecule has 16 heavy (non-hydrogen) atoms. The normalized spacial score (nSPS) is 24.0.